The molecule has 0 spiro atoms. The zero-order valence-electron chi connectivity index (χ0n) is 17.8. The molecule has 0 saturated heterocycles. The Kier molecular flexibility index (Phi) is 6.03. The predicted molar refractivity (Wildman–Crippen MR) is 117 cm³/mol. The lowest BCUT2D eigenvalue weighted by Gasteiger charge is -2.15. The number of carbonyl (C=O) groups is 1. The second kappa shape index (κ2) is 8.49. The van der Waals surface area contributed by atoms with Crippen LogP contribution in [0.2, 0.25) is 0 Å². The summed E-state index contributed by atoms with van der Waals surface area (Å²) in [5, 5.41) is 4.00. The Bertz CT molecular complexity index is 1060. The Morgan fingerprint density at radius 1 is 1.03 bits per heavy atom. The first-order valence-corrected chi connectivity index (χ1v) is 9.41. The molecule has 0 bridgehead atoms. The van der Waals surface area contributed by atoms with Crippen LogP contribution in [0.5, 0.6) is 11.5 Å². The van der Waals surface area contributed by atoms with Gasteiger partial charge in [0.25, 0.3) is 0 Å². The van der Waals surface area contributed by atoms with Gasteiger partial charge in [-0.1, -0.05) is 0 Å². The summed E-state index contributed by atoms with van der Waals surface area (Å²) < 4.78 is 10.9. The number of likely N-dealkylation sites (N-methyl/N-ethyl adjacent to an activating group) is 1. The molecule has 1 aromatic heterocycles. The molecule has 6 nitrogen and oxygen atoms in total. The maximum Gasteiger partial charge on any atom is 0.238 e. The Labute approximate surface area is 171 Å². The fourth-order valence-electron chi connectivity index (χ4n) is 3.31. The van der Waals surface area contributed by atoms with E-state index in [0.29, 0.717) is 6.54 Å². The number of methoxy groups -OCH3 is 2. The van der Waals surface area contributed by atoms with Crippen molar-refractivity contribution in [3.05, 3.63) is 47.5 Å². The molecule has 6 heteroatoms. The van der Waals surface area contributed by atoms with E-state index in [2.05, 4.69) is 5.32 Å². The monoisotopic (exact) mass is 393 g/mol. The molecule has 1 amide bonds. The van der Waals surface area contributed by atoms with Crippen molar-refractivity contribution >= 4 is 22.5 Å². The molecule has 0 radical (unpaired) electrons. The van der Waals surface area contributed by atoms with Gasteiger partial charge in [-0.15, -0.1) is 0 Å². The average molecular weight is 393 g/mol. The number of carbonyl (C=O) groups excluding carboxylic acids is 1. The third-order valence-electron chi connectivity index (χ3n) is 4.78. The van der Waals surface area contributed by atoms with Crippen LogP contribution in [0.3, 0.4) is 0 Å². The van der Waals surface area contributed by atoms with Crippen LogP contribution in [0.4, 0.5) is 5.69 Å². The highest BCUT2D eigenvalue weighted by Gasteiger charge is 2.14. The van der Waals surface area contributed by atoms with Crippen LogP contribution in [-0.2, 0) is 4.79 Å². The molecule has 0 fully saturated rings. The fourth-order valence-corrected chi connectivity index (χ4v) is 3.31. The molecule has 0 aliphatic heterocycles. The predicted octanol–water partition coefficient (Wildman–Crippen LogP) is 4.04. The van der Waals surface area contributed by atoms with E-state index in [9.17, 15) is 4.79 Å². The van der Waals surface area contributed by atoms with Gasteiger partial charge in [0.1, 0.15) is 11.5 Å². The Morgan fingerprint density at radius 3 is 2.45 bits per heavy atom. The summed E-state index contributed by atoms with van der Waals surface area (Å²) in [6, 6.07) is 11.7. The number of aromatic nitrogens is 1. The first-order valence-electron chi connectivity index (χ1n) is 9.41. The van der Waals surface area contributed by atoms with Crippen molar-refractivity contribution < 1.29 is 14.3 Å². The molecule has 3 rings (SSSR count). The summed E-state index contributed by atoms with van der Waals surface area (Å²) in [5.41, 5.74) is 5.39. The van der Waals surface area contributed by atoms with Gasteiger partial charge in [-0.25, -0.2) is 4.98 Å². The van der Waals surface area contributed by atoms with Crippen molar-refractivity contribution in [3.8, 4) is 22.8 Å². The van der Waals surface area contributed by atoms with Gasteiger partial charge in [0, 0.05) is 16.6 Å². The van der Waals surface area contributed by atoms with Crippen LogP contribution >= 0.6 is 0 Å². The normalized spacial score (nSPS) is 11.0. The number of nitrogens with zero attached hydrogens (tertiary/aromatic N) is 2. The summed E-state index contributed by atoms with van der Waals surface area (Å²) in [6.45, 7) is 4.35. The minimum atomic E-state index is -0.0409. The van der Waals surface area contributed by atoms with Gasteiger partial charge in [-0.05, 0) is 75.5 Å². The molecule has 0 unspecified atom stereocenters. The quantitative estimate of drug-likeness (QED) is 0.685. The highest BCUT2D eigenvalue weighted by Crippen LogP contribution is 2.35. The molecule has 0 aliphatic rings. The summed E-state index contributed by atoms with van der Waals surface area (Å²) in [6.07, 6.45) is 0. The Morgan fingerprint density at radius 2 is 1.79 bits per heavy atom. The Hall–Kier alpha value is -3.12. The highest BCUT2D eigenvalue weighted by atomic mass is 16.5. The van der Waals surface area contributed by atoms with Gasteiger partial charge in [-0.3, -0.25) is 4.79 Å². The van der Waals surface area contributed by atoms with Crippen molar-refractivity contribution in [1.82, 2.24) is 9.88 Å². The molecule has 0 aliphatic carbocycles. The number of hydrogen-bond acceptors (Lipinski definition) is 5. The van der Waals surface area contributed by atoms with Gasteiger partial charge in [0.05, 0.1) is 32.0 Å². The van der Waals surface area contributed by atoms with E-state index in [-0.39, 0.29) is 5.91 Å². The molecule has 1 N–H and O–H groups in total. The van der Waals surface area contributed by atoms with Crippen molar-refractivity contribution in [3.63, 3.8) is 0 Å². The number of nitrogens with one attached hydrogen (secondary N) is 1. The Balaban J connectivity index is 2.07. The highest BCUT2D eigenvalue weighted by molar-refractivity contribution is 5.97. The third kappa shape index (κ3) is 4.49. The number of ether oxygens (including phenoxy) is 2. The second-order valence-electron chi connectivity index (χ2n) is 7.36. The lowest BCUT2D eigenvalue weighted by Crippen LogP contribution is -2.27. The molecule has 1 heterocycles. The van der Waals surface area contributed by atoms with Gasteiger partial charge < -0.3 is 19.7 Å². The number of rotatable bonds is 6. The van der Waals surface area contributed by atoms with Gasteiger partial charge >= 0.3 is 0 Å². The lowest BCUT2D eigenvalue weighted by atomic mass is 10.0. The zero-order valence-corrected chi connectivity index (χ0v) is 17.8. The molecule has 0 saturated carbocycles. The number of benzene rings is 2. The minimum absolute atomic E-state index is 0.0409. The molecular weight excluding hydrogens is 366 g/mol. The number of fused-ring (bicyclic) bond motifs is 1. The minimum Gasteiger partial charge on any atom is -0.497 e. The van der Waals surface area contributed by atoms with Gasteiger partial charge in [0.15, 0.2) is 0 Å². The second-order valence-corrected chi connectivity index (χ2v) is 7.36. The number of hydrogen-bond donors (Lipinski definition) is 1. The van der Waals surface area contributed by atoms with Crippen LogP contribution in [0.1, 0.15) is 11.1 Å². The van der Waals surface area contributed by atoms with E-state index in [0.717, 1.165) is 50.5 Å². The number of aryl methyl sites for hydroxylation is 2. The summed E-state index contributed by atoms with van der Waals surface area (Å²) in [7, 11) is 7.02. The summed E-state index contributed by atoms with van der Waals surface area (Å²) in [4.78, 5) is 18.9. The van der Waals surface area contributed by atoms with E-state index in [1.165, 1.54) is 0 Å². The zero-order chi connectivity index (χ0) is 21.1. The van der Waals surface area contributed by atoms with Gasteiger partial charge in [0.2, 0.25) is 5.91 Å². The van der Waals surface area contributed by atoms with Crippen molar-refractivity contribution in [2.24, 2.45) is 0 Å². The summed E-state index contributed by atoms with van der Waals surface area (Å²) in [5.74, 6) is 1.44. The van der Waals surface area contributed by atoms with Crippen LogP contribution in [0.15, 0.2) is 36.4 Å². The van der Waals surface area contributed by atoms with E-state index in [1.807, 2.05) is 69.2 Å². The number of anilines is 1. The standard InChI is InChI=1S/C23H27N3O3/c1-14-9-21(18-11-16(28-5)7-8-22(18)29-6)24-20-10-15(2)19(12-17(14)20)25-23(27)13-26(3)4/h7-12H,13H2,1-6H3,(H,25,27). The lowest BCUT2D eigenvalue weighted by molar-refractivity contribution is -0.116. The molecule has 2 aromatic carbocycles. The SMILES string of the molecule is COc1ccc(OC)c(-c2cc(C)c3cc(NC(=O)CN(C)C)c(C)cc3n2)c1. The van der Waals surface area contributed by atoms with Crippen LogP contribution in [0.25, 0.3) is 22.2 Å². The van der Waals surface area contributed by atoms with Crippen molar-refractivity contribution in [2.45, 2.75) is 13.8 Å². The smallest absolute Gasteiger partial charge is 0.238 e. The first-order chi connectivity index (χ1) is 13.8. The average Bonchev–Trinajstić information content (AvgIpc) is 2.67. The number of pyridine rings is 1. The van der Waals surface area contributed by atoms with E-state index >= 15 is 0 Å². The molecule has 29 heavy (non-hydrogen) atoms. The maximum absolute atomic E-state index is 12.2. The first kappa shape index (κ1) is 20.6. The van der Waals surface area contributed by atoms with E-state index in [1.54, 1.807) is 14.2 Å². The fraction of sp³-hybridized carbons (Fsp3) is 0.304. The molecular formula is C23H27N3O3. The molecule has 152 valence electrons. The van der Waals surface area contributed by atoms with E-state index in [4.69, 9.17) is 14.5 Å². The van der Waals surface area contributed by atoms with Crippen LogP contribution < -0.4 is 14.8 Å². The van der Waals surface area contributed by atoms with Crippen LogP contribution in [-0.4, -0.2) is 50.7 Å². The largest absolute Gasteiger partial charge is 0.497 e. The van der Waals surface area contributed by atoms with Crippen molar-refractivity contribution in [2.75, 3.05) is 40.2 Å². The topological polar surface area (TPSA) is 63.7 Å². The van der Waals surface area contributed by atoms with Gasteiger partial charge in [-0.2, -0.15) is 0 Å². The van der Waals surface area contributed by atoms with Crippen molar-refractivity contribution in [1.29, 1.82) is 0 Å². The molecule has 0 atom stereocenters. The van der Waals surface area contributed by atoms with Crippen LogP contribution in [0, 0.1) is 13.8 Å². The summed E-state index contributed by atoms with van der Waals surface area (Å²) >= 11 is 0. The maximum atomic E-state index is 12.2. The third-order valence-corrected chi connectivity index (χ3v) is 4.78. The van der Waals surface area contributed by atoms with E-state index < -0.39 is 0 Å². The number of amides is 1. The molecule has 3 aromatic rings.